The first-order valence-corrected chi connectivity index (χ1v) is 16.9. The molecule has 1 aliphatic carbocycles. The lowest BCUT2D eigenvalue weighted by Crippen LogP contribution is -2.57. The molecule has 1 N–H and O–H groups in total. The Kier molecular flexibility index (Phi) is 8.51. The molecule has 0 radical (unpaired) electrons. The molecule has 280 valence electrons. The summed E-state index contributed by atoms with van der Waals surface area (Å²) in [6.45, 7) is 4.92. The van der Waals surface area contributed by atoms with E-state index in [0.29, 0.717) is 12.8 Å². The molecular formula is C34H35ClF7N7O3. The van der Waals surface area contributed by atoms with E-state index in [1.807, 2.05) is 0 Å². The molecule has 3 aliphatic rings. The van der Waals surface area contributed by atoms with Crippen LogP contribution in [0.3, 0.4) is 0 Å². The van der Waals surface area contributed by atoms with Crippen LogP contribution in [-0.2, 0) is 10.9 Å². The van der Waals surface area contributed by atoms with Crippen LogP contribution in [0, 0.1) is 17.0 Å². The Morgan fingerprint density at radius 2 is 1.71 bits per heavy atom. The number of rotatable bonds is 7. The Labute approximate surface area is 298 Å². The molecule has 52 heavy (non-hydrogen) atoms. The highest BCUT2D eigenvalue weighted by molar-refractivity contribution is 6.33. The zero-order valence-corrected chi connectivity index (χ0v) is 29.5. The number of fused-ring (bicyclic) bond motifs is 4. The topological polar surface area (TPSA) is 99.7 Å². The van der Waals surface area contributed by atoms with Crippen molar-refractivity contribution in [1.82, 2.24) is 30.0 Å². The molecule has 0 spiro atoms. The average molecular weight is 758 g/mol. The van der Waals surface area contributed by atoms with E-state index in [4.69, 9.17) is 21.1 Å². The number of H-pyrrole nitrogens is 1. The van der Waals surface area contributed by atoms with Gasteiger partial charge in [0.05, 0.1) is 33.6 Å². The smallest absolute Gasteiger partial charge is 0.418 e. The zero-order chi connectivity index (χ0) is 37.7. The quantitative estimate of drug-likeness (QED) is 0.192. The lowest BCUT2D eigenvalue weighted by molar-refractivity contribution is -0.136. The number of halogens is 8. The van der Waals surface area contributed by atoms with Gasteiger partial charge in [-0.1, -0.05) is 11.6 Å². The summed E-state index contributed by atoms with van der Waals surface area (Å²) in [5, 5.41) is 5.31. The van der Waals surface area contributed by atoms with Crippen LogP contribution in [0.2, 0.25) is 5.02 Å². The number of nitrogens with one attached hydrogen (secondary N) is 1. The fourth-order valence-electron chi connectivity index (χ4n) is 7.52. The third kappa shape index (κ3) is 6.22. The fraction of sp³-hybridized carbons (Fsp3) is 0.529. The van der Waals surface area contributed by atoms with Gasteiger partial charge in [-0.05, 0) is 59.8 Å². The predicted molar refractivity (Wildman–Crippen MR) is 178 cm³/mol. The van der Waals surface area contributed by atoms with Crippen molar-refractivity contribution in [1.29, 1.82) is 0 Å². The summed E-state index contributed by atoms with van der Waals surface area (Å²) in [6, 6.07) is 0.530. The monoisotopic (exact) mass is 757 g/mol. The first-order valence-electron chi connectivity index (χ1n) is 16.5. The number of anilines is 1. The van der Waals surface area contributed by atoms with E-state index in [0.717, 1.165) is 12.1 Å². The minimum atomic E-state index is -5.15. The molecule has 1 amide bonds. The SMILES string of the molecule is CN(C)C[C@@]1(COc2nc(N3C[C@H]4CC[C@@H](C3)N4C(=O)OC(C)(C)C)c3cc(F)c(-c4c(C(F)(F)F)c(Cl)cc5c[nH]nc45)c(F)c3n2)CC1(F)F. The zero-order valence-electron chi connectivity index (χ0n) is 28.8. The number of aromatic nitrogens is 4. The lowest BCUT2D eigenvalue weighted by Gasteiger charge is -2.42. The van der Waals surface area contributed by atoms with Crippen molar-refractivity contribution < 1.29 is 45.0 Å². The maximum Gasteiger partial charge on any atom is 0.418 e. The van der Waals surface area contributed by atoms with E-state index in [1.165, 1.54) is 6.20 Å². The summed E-state index contributed by atoms with van der Waals surface area (Å²) in [4.78, 5) is 26.6. The molecule has 18 heteroatoms. The Morgan fingerprint density at radius 3 is 2.29 bits per heavy atom. The summed E-state index contributed by atoms with van der Waals surface area (Å²) >= 11 is 6.07. The van der Waals surface area contributed by atoms with Gasteiger partial charge in [0.15, 0.2) is 5.82 Å². The summed E-state index contributed by atoms with van der Waals surface area (Å²) in [6.07, 6.45) is -3.72. The molecule has 7 rings (SSSR count). The number of amides is 1. The number of ether oxygens (including phenoxy) is 2. The van der Waals surface area contributed by atoms with Gasteiger partial charge in [0.2, 0.25) is 0 Å². The van der Waals surface area contributed by atoms with Gasteiger partial charge >= 0.3 is 18.3 Å². The summed E-state index contributed by atoms with van der Waals surface area (Å²) in [5.74, 6) is -5.97. The van der Waals surface area contributed by atoms with E-state index < -0.39 is 92.6 Å². The number of benzene rings is 2. The van der Waals surface area contributed by atoms with Crippen LogP contribution >= 0.6 is 11.6 Å². The number of hydrogen-bond donors (Lipinski definition) is 1. The molecule has 2 bridgehead atoms. The van der Waals surface area contributed by atoms with Gasteiger partial charge in [-0.3, -0.25) is 10.00 Å². The van der Waals surface area contributed by atoms with Gasteiger partial charge in [-0.15, -0.1) is 0 Å². The molecule has 4 aromatic rings. The summed E-state index contributed by atoms with van der Waals surface area (Å²) in [7, 11) is 3.25. The van der Waals surface area contributed by atoms with Crippen LogP contribution in [0.4, 0.5) is 41.3 Å². The van der Waals surface area contributed by atoms with Crippen molar-refractivity contribution in [3.63, 3.8) is 0 Å². The number of aromatic amines is 1. The molecule has 2 saturated heterocycles. The van der Waals surface area contributed by atoms with Crippen molar-refractivity contribution >= 4 is 45.3 Å². The number of carbonyl (C=O) groups is 1. The molecule has 2 aromatic carbocycles. The largest absolute Gasteiger partial charge is 0.463 e. The Bertz CT molecular complexity index is 2070. The molecule has 3 fully saturated rings. The highest BCUT2D eigenvalue weighted by Crippen LogP contribution is 2.60. The number of nitrogens with zero attached hydrogens (tertiary/aromatic N) is 6. The van der Waals surface area contributed by atoms with Crippen molar-refractivity contribution in [2.75, 3.05) is 45.2 Å². The standard InChI is InChI=1S/C34H35ClF7N7O3/c1-31(2,3)52-30(50)49-17-6-7-18(49)12-48(11-17)28-19-9-21(36)22(23-24(34(40,41)42)20(35)8-16-10-43-46-26(16)23)25(37)27(19)44-29(45-28)51-15-32(14-47(4)5)13-33(32,38)39/h8-10,17-18H,6-7,11-15H2,1-5H3,(H,43,46)/t17-,18+,32-/m1/s1. The van der Waals surface area contributed by atoms with Crippen molar-refractivity contribution in [3.05, 3.63) is 40.6 Å². The highest BCUT2D eigenvalue weighted by atomic mass is 35.5. The van der Waals surface area contributed by atoms with Gasteiger partial charge in [-0.2, -0.15) is 28.2 Å². The highest BCUT2D eigenvalue weighted by Gasteiger charge is 2.71. The average Bonchev–Trinajstić information content (AvgIpc) is 3.27. The second-order valence-corrected chi connectivity index (χ2v) is 15.5. The minimum absolute atomic E-state index is 0.0404. The van der Waals surface area contributed by atoms with Crippen LogP contribution in [-0.4, -0.2) is 100 Å². The van der Waals surface area contributed by atoms with E-state index in [9.17, 15) is 26.7 Å². The van der Waals surface area contributed by atoms with E-state index in [2.05, 4.69) is 20.2 Å². The van der Waals surface area contributed by atoms with Gasteiger partial charge in [0.1, 0.15) is 34.9 Å². The van der Waals surface area contributed by atoms with Crippen LogP contribution in [0.5, 0.6) is 6.01 Å². The number of alkyl halides is 5. The second-order valence-electron chi connectivity index (χ2n) is 15.1. The molecule has 2 aliphatic heterocycles. The maximum absolute atomic E-state index is 16.9. The third-order valence-corrected chi connectivity index (χ3v) is 10.0. The Balaban J connectivity index is 1.37. The molecule has 10 nitrogen and oxygen atoms in total. The van der Waals surface area contributed by atoms with E-state index in [-0.39, 0.29) is 48.3 Å². The molecule has 0 unspecified atom stereocenters. The van der Waals surface area contributed by atoms with Gasteiger partial charge in [0.25, 0.3) is 5.92 Å². The van der Waals surface area contributed by atoms with Crippen LogP contribution < -0.4 is 9.64 Å². The van der Waals surface area contributed by atoms with Crippen LogP contribution in [0.1, 0.15) is 45.6 Å². The predicted octanol–water partition coefficient (Wildman–Crippen LogP) is 7.68. The van der Waals surface area contributed by atoms with Crippen molar-refractivity contribution in [2.24, 2.45) is 5.41 Å². The van der Waals surface area contributed by atoms with Gasteiger partial charge in [0, 0.05) is 48.6 Å². The molecule has 2 aromatic heterocycles. The fourth-order valence-corrected chi connectivity index (χ4v) is 7.84. The third-order valence-electron chi connectivity index (χ3n) is 9.75. The summed E-state index contributed by atoms with van der Waals surface area (Å²) < 4.78 is 117. The lowest BCUT2D eigenvalue weighted by atomic mass is 9.94. The van der Waals surface area contributed by atoms with Gasteiger partial charge in [-0.25, -0.2) is 22.4 Å². The molecule has 1 saturated carbocycles. The first-order chi connectivity index (χ1) is 24.2. The first kappa shape index (κ1) is 36.2. The van der Waals surface area contributed by atoms with E-state index >= 15 is 8.78 Å². The number of carbonyl (C=O) groups excluding carboxylic acids is 1. The Morgan fingerprint density at radius 1 is 1.06 bits per heavy atom. The van der Waals surface area contributed by atoms with E-state index in [1.54, 1.807) is 49.6 Å². The second kappa shape index (κ2) is 12.2. The molecule has 3 atom stereocenters. The van der Waals surface area contributed by atoms with Crippen LogP contribution in [0.25, 0.3) is 32.9 Å². The Hall–Kier alpha value is -4.12. The number of piperazine rings is 1. The van der Waals surface area contributed by atoms with Crippen molar-refractivity contribution in [3.8, 4) is 17.1 Å². The van der Waals surface area contributed by atoms with Crippen molar-refractivity contribution in [2.45, 2.75) is 69.8 Å². The minimum Gasteiger partial charge on any atom is -0.463 e. The molecular weight excluding hydrogens is 723 g/mol. The maximum atomic E-state index is 16.9. The molecule has 4 heterocycles. The number of hydrogen-bond acceptors (Lipinski definition) is 8. The normalized spacial score (nSPS) is 22.9. The summed E-state index contributed by atoms with van der Waals surface area (Å²) in [5.41, 5.74) is -6.89. The van der Waals surface area contributed by atoms with Crippen LogP contribution in [0.15, 0.2) is 18.3 Å². The van der Waals surface area contributed by atoms with Gasteiger partial charge < -0.3 is 19.3 Å².